The Labute approximate surface area is 148 Å². The van der Waals surface area contributed by atoms with Gasteiger partial charge in [-0.1, -0.05) is 19.3 Å². The Bertz CT molecular complexity index is 680. The summed E-state index contributed by atoms with van der Waals surface area (Å²) in [6.07, 6.45) is -0.768. The normalized spacial score (nSPS) is 16.4. The van der Waals surface area contributed by atoms with Crippen LogP contribution in [0.3, 0.4) is 0 Å². The van der Waals surface area contributed by atoms with Gasteiger partial charge in [0.05, 0.1) is 18.3 Å². The van der Waals surface area contributed by atoms with Crippen LogP contribution < -0.4 is 15.4 Å². The molecule has 1 amide bonds. The smallest absolute Gasteiger partial charge is 0.422 e. The average molecular weight is 373 g/mol. The molecule has 0 heterocycles. The maximum atomic E-state index is 13.4. The van der Waals surface area contributed by atoms with Crippen molar-refractivity contribution in [2.75, 3.05) is 18.5 Å². The van der Waals surface area contributed by atoms with Gasteiger partial charge in [-0.25, -0.2) is 4.39 Å². The molecule has 0 spiro atoms. The number of nitrogens with one attached hydrogen (secondary N) is 2. The third kappa shape index (κ3) is 5.79. The van der Waals surface area contributed by atoms with Crippen molar-refractivity contribution in [1.82, 2.24) is 5.32 Å². The Kier molecular flexibility index (Phi) is 6.29. The number of ether oxygens (including phenoxy) is 1. The van der Waals surface area contributed by atoms with Crippen LogP contribution in [-0.2, 0) is 4.79 Å². The molecule has 0 aliphatic heterocycles. The van der Waals surface area contributed by atoms with Crippen LogP contribution in [-0.4, -0.2) is 30.8 Å². The molecule has 1 fully saturated rings. The standard InChI is InChI=1S/C17H19F4N3O2/c18-12-4-5-14(26-11-17(19,20)21)13(8-12)23-9-15(25)24-16(10-22)6-2-1-3-7-16/h4-5,8,23H,1-3,6-7,9,11H2,(H,24,25). The molecule has 1 aliphatic carbocycles. The van der Waals surface area contributed by atoms with E-state index in [4.69, 9.17) is 0 Å². The molecule has 26 heavy (non-hydrogen) atoms. The van der Waals surface area contributed by atoms with Gasteiger partial charge in [-0.2, -0.15) is 18.4 Å². The van der Waals surface area contributed by atoms with Crippen molar-refractivity contribution in [1.29, 1.82) is 5.26 Å². The lowest BCUT2D eigenvalue weighted by Crippen LogP contribution is -2.50. The Hall–Kier alpha value is -2.50. The molecule has 9 heteroatoms. The molecule has 1 aliphatic rings. The van der Waals surface area contributed by atoms with Gasteiger partial charge < -0.3 is 15.4 Å². The number of nitrogens with zero attached hydrogens (tertiary/aromatic N) is 1. The molecule has 0 unspecified atom stereocenters. The topological polar surface area (TPSA) is 74.2 Å². The quantitative estimate of drug-likeness (QED) is 0.749. The first-order valence-electron chi connectivity index (χ1n) is 8.18. The number of nitriles is 1. The zero-order valence-electron chi connectivity index (χ0n) is 14.0. The number of carbonyl (C=O) groups excluding carboxylic acids is 1. The summed E-state index contributed by atoms with van der Waals surface area (Å²) < 4.78 is 54.9. The molecular formula is C17H19F4N3O2. The van der Waals surface area contributed by atoms with Crippen molar-refractivity contribution in [2.24, 2.45) is 0 Å². The molecule has 0 radical (unpaired) electrons. The van der Waals surface area contributed by atoms with Crippen molar-refractivity contribution < 1.29 is 27.1 Å². The van der Waals surface area contributed by atoms with Crippen molar-refractivity contribution in [2.45, 2.75) is 43.8 Å². The first-order chi connectivity index (χ1) is 12.2. The molecule has 2 N–H and O–H groups in total. The largest absolute Gasteiger partial charge is 0.482 e. The van der Waals surface area contributed by atoms with Crippen LogP contribution in [0.15, 0.2) is 18.2 Å². The fourth-order valence-electron chi connectivity index (χ4n) is 2.83. The van der Waals surface area contributed by atoms with Crippen molar-refractivity contribution in [3.8, 4) is 11.8 Å². The van der Waals surface area contributed by atoms with Gasteiger partial charge in [0, 0.05) is 6.07 Å². The number of anilines is 1. The summed E-state index contributed by atoms with van der Waals surface area (Å²) in [5.41, 5.74) is -0.992. The third-order valence-corrected chi connectivity index (χ3v) is 4.07. The summed E-state index contributed by atoms with van der Waals surface area (Å²) in [7, 11) is 0. The van der Waals surface area contributed by atoms with E-state index in [2.05, 4.69) is 21.4 Å². The van der Waals surface area contributed by atoms with Crippen molar-refractivity contribution in [3.63, 3.8) is 0 Å². The van der Waals surface area contributed by atoms with Crippen LogP contribution in [0, 0.1) is 17.1 Å². The van der Waals surface area contributed by atoms with Crippen LogP contribution in [0.1, 0.15) is 32.1 Å². The van der Waals surface area contributed by atoms with Gasteiger partial charge in [-0.15, -0.1) is 0 Å². The lowest BCUT2D eigenvalue weighted by molar-refractivity contribution is -0.153. The Balaban J connectivity index is 1.98. The summed E-state index contributed by atoms with van der Waals surface area (Å²) in [4.78, 5) is 12.1. The van der Waals surface area contributed by atoms with E-state index in [0.29, 0.717) is 12.8 Å². The van der Waals surface area contributed by atoms with Gasteiger partial charge in [-0.05, 0) is 25.0 Å². The molecular weight excluding hydrogens is 354 g/mol. The second-order valence-corrected chi connectivity index (χ2v) is 6.20. The third-order valence-electron chi connectivity index (χ3n) is 4.07. The van der Waals surface area contributed by atoms with E-state index in [1.807, 2.05) is 0 Å². The number of carbonyl (C=O) groups is 1. The molecule has 0 aromatic heterocycles. The summed E-state index contributed by atoms with van der Waals surface area (Å²) in [5, 5.41) is 14.6. The summed E-state index contributed by atoms with van der Waals surface area (Å²) in [5.74, 6) is -1.41. The molecule has 5 nitrogen and oxygen atoms in total. The van der Waals surface area contributed by atoms with Crippen LogP contribution >= 0.6 is 0 Å². The fourth-order valence-corrected chi connectivity index (χ4v) is 2.83. The van der Waals surface area contributed by atoms with Gasteiger partial charge in [-0.3, -0.25) is 4.79 Å². The molecule has 1 aromatic rings. The molecule has 0 saturated heterocycles. The summed E-state index contributed by atoms with van der Waals surface area (Å²) in [6.45, 7) is -1.85. The zero-order valence-corrected chi connectivity index (χ0v) is 14.0. The number of alkyl halides is 3. The van der Waals surface area contributed by atoms with E-state index in [9.17, 15) is 27.6 Å². The van der Waals surface area contributed by atoms with E-state index in [1.165, 1.54) is 0 Å². The predicted molar refractivity (Wildman–Crippen MR) is 86.0 cm³/mol. The zero-order chi connectivity index (χ0) is 19.2. The van der Waals surface area contributed by atoms with Gasteiger partial charge >= 0.3 is 6.18 Å². The van der Waals surface area contributed by atoms with Gasteiger partial charge in [0.2, 0.25) is 5.91 Å². The van der Waals surface area contributed by atoms with E-state index in [1.54, 1.807) is 0 Å². The highest BCUT2D eigenvalue weighted by molar-refractivity contribution is 5.82. The van der Waals surface area contributed by atoms with Crippen LogP contribution in [0.2, 0.25) is 0 Å². The minimum absolute atomic E-state index is 0.0703. The van der Waals surface area contributed by atoms with E-state index in [0.717, 1.165) is 37.5 Å². The second kappa shape index (κ2) is 8.25. The number of amides is 1. The number of benzene rings is 1. The predicted octanol–water partition coefficient (Wildman–Crippen LogP) is 3.52. The van der Waals surface area contributed by atoms with Gasteiger partial charge in [0.1, 0.15) is 17.1 Å². The van der Waals surface area contributed by atoms with Gasteiger partial charge in [0.25, 0.3) is 0 Å². The highest BCUT2D eigenvalue weighted by atomic mass is 19.4. The fraction of sp³-hybridized carbons (Fsp3) is 0.529. The van der Waals surface area contributed by atoms with E-state index < -0.39 is 30.0 Å². The SMILES string of the molecule is N#CC1(NC(=O)CNc2cc(F)ccc2OCC(F)(F)F)CCCCC1. The lowest BCUT2D eigenvalue weighted by atomic mass is 9.83. The highest BCUT2D eigenvalue weighted by Crippen LogP contribution is 2.29. The van der Waals surface area contributed by atoms with Crippen LogP contribution in [0.5, 0.6) is 5.75 Å². The monoisotopic (exact) mass is 373 g/mol. The molecule has 1 aromatic carbocycles. The van der Waals surface area contributed by atoms with Crippen LogP contribution in [0.25, 0.3) is 0 Å². The Morgan fingerprint density at radius 3 is 2.58 bits per heavy atom. The van der Waals surface area contributed by atoms with Crippen LogP contribution in [0.4, 0.5) is 23.2 Å². The number of rotatable bonds is 6. The minimum Gasteiger partial charge on any atom is -0.482 e. The Morgan fingerprint density at radius 1 is 1.27 bits per heavy atom. The maximum Gasteiger partial charge on any atom is 0.422 e. The van der Waals surface area contributed by atoms with Gasteiger partial charge in [0.15, 0.2) is 6.61 Å². The Morgan fingerprint density at radius 2 is 1.96 bits per heavy atom. The summed E-state index contributed by atoms with van der Waals surface area (Å²) in [6, 6.07) is 5.10. The minimum atomic E-state index is -4.54. The molecule has 142 valence electrons. The number of hydrogen-bond donors (Lipinski definition) is 2. The first kappa shape index (κ1) is 19.8. The summed E-state index contributed by atoms with van der Waals surface area (Å²) >= 11 is 0. The first-order valence-corrected chi connectivity index (χ1v) is 8.18. The average Bonchev–Trinajstić information content (AvgIpc) is 2.59. The van der Waals surface area contributed by atoms with E-state index >= 15 is 0 Å². The van der Waals surface area contributed by atoms with Crippen molar-refractivity contribution >= 4 is 11.6 Å². The number of halogens is 4. The van der Waals surface area contributed by atoms with Crippen molar-refractivity contribution in [3.05, 3.63) is 24.0 Å². The van der Waals surface area contributed by atoms with E-state index in [-0.39, 0.29) is 18.0 Å². The molecule has 2 rings (SSSR count). The maximum absolute atomic E-state index is 13.4. The molecule has 0 atom stereocenters. The molecule has 0 bridgehead atoms. The number of hydrogen-bond acceptors (Lipinski definition) is 4. The second-order valence-electron chi connectivity index (χ2n) is 6.20. The highest BCUT2D eigenvalue weighted by Gasteiger charge is 2.33. The molecule has 1 saturated carbocycles. The lowest BCUT2D eigenvalue weighted by Gasteiger charge is -2.31.